The van der Waals surface area contributed by atoms with Crippen molar-refractivity contribution >= 4 is 33.2 Å². The molecule has 1 aromatic carbocycles. The van der Waals surface area contributed by atoms with Crippen molar-refractivity contribution in [2.45, 2.75) is 18.6 Å². The van der Waals surface area contributed by atoms with Crippen molar-refractivity contribution in [3.05, 3.63) is 32.8 Å². The summed E-state index contributed by atoms with van der Waals surface area (Å²) in [6, 6.07) is 4.05. The van der Waals surface area contributed by atoms with E-state index >= 15 is 0 Å². The second-order valence-electron chi connectivity index (χ2n) is 4.47. The quantitative estimate of drug-likeness (QED) is 0.640. The third kappa shape index (κ3) is 3.33. The Labute approximate surface area is 124 Å². The zero-order chi connectivity index (χ0) is 14.7. The Morgan fingerprint density at radius 3 is 2.90 bits per heavy atom. The number of benzene rings is 1. The van der Waals surface area contributed by atoms with E-state index in [1.54, 1.807) is 7.11 Å². The largest absolute Gasteiger partial charge is 0.380 e. The minimum atomic E-state index is -0.489. The SMILES string of the molecule is COC1CNC(C(=O)Nc2ccc([N+](=O)[O-])c(Br)c2)C1. The van der Waals surface area contributed by atoms with Crippen LogP contribution < -0.4 is 10.6 Å². The molecular formula is C12H14BrN3O4. The van der Waals surface area contributed by atoms with Crippen LogP contribution in [0.5, 0.6) is 0 Å². The molecule has 1 heterocycles. The van der Waals surface area contributed by atoms with E-state index < -0.39 is 4.92 Å². The molecule has 1 aliphatic rings. The number of halogens is 1. The van der Waals surface area contributed by atoms with Gasteiger partial charge < -0.3 is 15.4 Å². The molecule has 1 aromatic rings. The highest BCUT2D eigenvalue weighted by molar-refractivity contribution is 9.10. The highest BCUT2D eigenvalue weighted by Gasteiger charge is 2.29. The molecule has 0 saturated carbocycles. The maximum Gasteiger partial charge on any atom is 0.283 e. The summed E-state index contributed by atoms with van der Waals surface area (Å²) in [5.74, 6) is -0.176. The van der Waals surface area contributed by atoms with Crippen molar-refractivity contribution in [2.24, 2.45) is 0 Å². The standard InChI is InChI=1S/C12H14BrN3O4/c1-20-8-5-10(14-6-8)12(17)15-7-2-3-11(16(18)19)9(13)4-7/h2-4,8,10,14H,5-6H2,1H3,(H,15,17). The fourth-order valence-electron chi connectivity index (χ4n) is 2.04. The number of nitrogens with zero attached hydrogens (tertiary/aromatic N) is 1. The Hall–Kier alpha value is -1.51. The highest BCUT2D eigenvalue weighted by atomic mass is 79.9. The molecule has 2 atom stereocenters. The average Bonchev–Trinajstić information content (AvgIpc) is 2.87. The van der Waals surface area contributed by atoms with Crippen LogP contribution in [-0.4, -0.2) is 36.6 Å². The number of anilines is 1. The van der Waals surface area contributed by atoms with E-state index in [2.05, 4.69) is 26.6 Å². The first-order valence-electron chi connectivity index (χ1n) is 6.02. The Balaban J connectivity index is 2.02. The van der Waals surface area contributed by atoms with Crippen LogP contribution in [0.4, 0.5) is 11.4 Å². The number of rotatable bonds is 4. The number of carbonyl (C=O) groups is 1. The van der Waals surface area contributed by atoms with Gasteiger partial charge in [-0.2, -0.15) is 0 Å². The molecule has 0 spiro atoms. The van der Waals surface area contributed by atoms with Crippen LogP contribution in [0.15, 0.2) is 22.7 Å². The van der Waals surface area contributed by atoms with E-state index in [-0.39, 0.29) is 23.7 Å². The predicted octanol–water partition coefficient (Wildman–Crippen LogP) is 1.67. The zero-order valence-corrected chi connectivity index (χ0v) is 12.3. The lowest BCUT2D eigenvalue weighted by atomic mass is 10.2. The van der Waals surface area contributed by atoms with Gasteiger partial charge in [-0.3, -0.25) is 14.9 Å². The number of hydrogen-bond acceptors (Lipinski definition) is 5. The zero-order valence-electron chi connectivity index (χ0n) is 10.8. The number of nitro benzene ring substituents is 1. The van der Waals surface area contributed by atoms with Gasteiger partial charge in [-0.05, 0) is 34.5 Å². The molecule has 20 heavy (non-hydrogen) atoms. The van der Waals surface area contributed by atoms with Gasteiger partial charge in [-0.25, -0.2) is 0 Å². The monoisotopic (exact) mass is 343 g/mol. The van der Waals surface area contributed by atoms with Crippen LogP contribution in [0.3, 0.4) is 0 Å². The van der Waals surface area contributed by atoms with Crippen LogP contribution in [0.1, 0.15) is 6.42 Å². The van der Waals surface area contributed by atoms with Gasteiger partial charge in [0, 0.05) is 25.4 Å². The summed E-state index contributed by atoms with van der Waals surface area (Å²) in [4.78, 5) is 22.2. The Bertz CT molecular complexity index is 537. The minimum absolute atomic E-state index is 0.0364. The van der Waals surface area contributed by atoms with Crippen LogP contribution in [-0.2, 0) is 9.53 Å². The lowest BCUT2D eigenvalue weighted by Gasteiger charge is -2.11. The molecule has 2 rings (SSSR count). The number of methoxy groups -OCH3 is 1. The summed E-state index contributed by atoms with van der Waals surface area (Å²) in [5, 5.41) is 16.5. The summed E-state index contributed by atoms with van der Waals surface area (Å²) in [7, 11) is 1.61. The summed E-state index contributed by atoms with van der Waals surface area (Å²) in [6.07, 6.45) is 0.644. The summed E-state index contributed by atoms with van der Waals surface area (Å²) in [6.45, 7) is 0.637. The molecule has 0 bridgehead atoms. The number of nitrogens with one attached hydrogen (secondary N) is 2. The van der Waals surface area contributed by atoms with Crippen LogP contribution in [0.25, 0.3) is 0 Å². The van der Waals surface area contributed by atoms with Gasteiger partial charge in [0.25, 0.3) is 5.69 Å². The number of ether oxygens (including phenoxy) is 1. The smallest absolute Gasteiger partial charge is 0.283 e. The van der Waals surface area contributed by atoms with Crippen molar-refractivity contribution in [1.29, 1.82) is 0 Å². The van der Waals surface area contributed by atoms with Crippen molar-refractivity contribution in [3.8, 4) is 0 Å². The molecule has 0 aliphatic carbocycles. The minimum Gasteiger partial charge on any atom is -0.380 e. The second kappa shape index (κ2) is 6.29. The number of hydrogen-bond donors (Lipinski definition) is 2. The third-order valence-corrected chi connectivity index (χ3v) is 3.79. The topological polar surface area (TPSA) is 93.5 Å². The summed E-state index contributed by atoms with van der Waals surface area (Å²) in [5.41, 5.74) is 0.469. The predicted molar refractivity (Wildman–Crippen MR) is 76.6 cm³/mol. The Kier molecular flexibility index (Phi) is 4.69. The molecule has 8 heteroatoms. The van der Waals surface area contributed by atoms with Gasteiger partial charge in [-0.15, -0.1) is 0 Å². The van der Waals surface area contributed by atoms with Crippen molar-refractivity contribution in [1.82, 2.24) is 5.32 Å². The van der Waals surface area contributed by atoms with E-state index in [4.69, 9.17) is 4.74 Å². The van der Waals surface area contributed by atoms with E-state index in [0.717, 1.165) is 0 Å². The molecule has 1 saturated heterocycles. The van der Waals surface area contributed by atoms with Gasteiger partial charge in [0.1, 0.15) is 0 Å². The number of amides is 1. The molecule has 1 aliphatic heterocycles. The lowest BCUT2D eigenvalue weighted by Crippen LogP contribution is -2.35. The van der Waals surface area contributed by atoms with Gasteiger partial charge in [0.05, 0.1) is 21.5 Å². The van der Waals surface area contributed by atoms with Crippen molar-refractivity contribution in [2.75, 3.05) is 19.0 Å². The molecule has 0 aromatic heterocycles. The summed E-state index contributed by atoms with van der Waals surface area (Å²) < 4.78 is 5.51. The van der Waals surface area contributed by atoms with Gasteiger partial charge in [0.15, 0.2) is 0 Å². The average molecular weight is 344 g/mol. The first kappa shape index (κ1) is 14.9. The van der Waals surface area contributed by atoms with Crippen LogP contribution in [0, 0.1) is 10.1 Å². The molecule has 1 amide bonds. The fourth-order valence-corrected chi connectivity index (χ4v) is 2.57. The second-order valence-corrected chi connectivity index (χ2v) is 5.32. The van der Waals surface area contributed by atoms with Gasteiger partial charge in [-0.1, -0.05) is 0 Å². The Morgan fingerprint density at radius 1 is 1.60 bits per heavy atom. The van der Waals surface area contributed by atoms with Crippen molar-refractivity contribution < 1.29 is 14.5 Å². The molecule has 7 nitrogen and oxygen atoms in total. The molecule has 108 valence electrons. The van der Waals surface area contributed by atoms with Crippen molar-refractivity contribution in [3.63, 3.8) is 0 Å². The summed E-state index contributed by atoms with van der Waals surface area (Å²) >= 11 is 3.11. The first-order valence-corrected chi connectivity index (χ1v) is 6.81. The van der Waals surface area contributed by atoms with Crippen LogP contribution in [0.2, 0.25) is 0 Å². The van der Waals surface area contributed by atoms with E-state index in [1.807, 2.05) is 0 Å². The van der Waals surface area contributed by atoms with E-state index in [9.17, 15) is 14.9 Å². The molecule has 2 unspecified atom stereocenters. The molecule has 2 N–H and O–H groups in total. The maximum atomic E-state index is 12.0. The third-order valence-electron chi connectivity index (χ3n) is 3.15. The normalized spacial score (nSPS) is 21.7. The number of carbonyl (C=O) groups excluding carboxylic acids is 1. The lowest BCUT2D eigenvalue weighted by molar-refractivity contribution is -0.385. The van der Waals surface area contributed by atoms with E-state index in [0.29, 0.717) is 23.1 Å². The molecular weight excluding hydrogens is 330 g/mol. The van der Waals surface area contributed by atoms with Gasteiger partial charge in [0.2, 0.25) is 5.91 Å². The highest BCUT2D eigenvalue weighted by Crippen LogP contribution is 2.27. The molecule has 0 radical (unpaired) electrons. The fraction of sp³-hybridized carbons (Fsp3) is 0.417. The Morgan fingerprint density at radius 2 is 2.35 bits per heavy atom. The maximum absolute atomic E-state index is 12.0. The molecule has 1 fully saturated rings. The first-order chi connectivity index (χ1) is 9.51. The number of nitro groups is 1. The van der Waals surface area contributed by atoms with Crippen LogP contribution >= 0.6 is 15.9 Å². The van der Waals surface area contributed by atoms with Gasteiger partial charge >= 0.3 is 0 Å². The van der Waals surface area contributed by atoms with E-state index in [1.165, 1.54) is 18.2 Å².